The van der Waals surface area contributed by atoms with E-state index >= 15 is 0 Å². The molecule has 1 unspecified atom stereocenters. The number of rotatable bonds is 3. The van der Waals surface area contributed by atoms with E-state index in [0.29, 0.717) is 0 Å². The van der Waals surface area contributed by atoms with Crippen LogP contribution in [0.4, 0.5) is 0 Å². The summed E-state index contributed by atoms with van der Waals surface area (Å²) in [5.41, 5.74) is 6.44. The van der Waals surface area contributed by atoms with E-state index < -0.39 is 0 Å². The normalized spacial score (nSPS) is 34.1. The van der Waals surface area contributed by atoms with Crippen LogP contribution < -0.4 is 5.73 Å². The van der Waals surface area contributed by atoms with Gasteiger partial charge in [0.05, 0.1) is 5.60 Å². The fraction of sp³-hybridized carbons (Fsp3) is 1.00. The molecule has 2 rings (SSSR count). The maximum atomic E-state index is 6.10. The third-order valence-corrected chi connectivity index (χ3v) is 3.74. The minimum atomic E-state index is 0.105. The second kappa shape index (κ2) is 3.49. The molecule has 2 heteroatoms. The Hall–Kier alpha value is -0.0800. The Balaban J connectivity index is 1.75. The molecule has 2 nitrogen and oxygen atoms in total. The molecule has 2 fully saturated rings. The monoisotopic (exact) mass is 197 g/mol. The van der Waals surface area contributed by atoms with Crippen molar-refractivity contribution in [2.45, 2.75) is 63.5 Å². The van der Waals surface area contributed by atoms with Crippen LogP contribution in [0.1, 0.15) is 52.4 Å². The summed E-state index contributed by atoms with van der Waals surface area (Å²) < 4.78 is 5.71. The predicted octanol–water partition coefficient (Wildman–Crippen LogP) is 2.46. The number of nitrogens with two attached hydrogens (primary N) is 1. The van der Waals surface area contributed by atoms with Gasteiger partial charge in [-0.25, -0.2) is 0 Å². The first kappa shape index (κ1) is 10.4. The van der Waals surface area contributed by atoms with Gasteiger partial charge in [0, 0.05) is 12.1 Å². The van der Waals surface area contributed by atoms with E-state index in [-0.39, 0.29) is 11.1 Å². The Labute approximate surface area is 87.2 Å². The summed E-state index contributed by atoms with van der Waals surface area (Å²) in [6.45, 7) is 5.35. The first-order valence-electron chi connectivity index (χ1n) is 5.92. The van der Waals surface area contributed by atoms with Crippen molar-refractivity contribution in [1.82, 2.24) is 0 Å². The fourth-order valence-electron chi connectivity index (χ4n) is 2.51. The van der Waals surface area contributed by atoms with Crippen LogP contribution in [0.5, 0.6) is 0 Å². The summed E-state index contributed by atoms with van der Waals surface area (Å²) in [4.78, 5) is 0. The SMILES string of the molecule is CC1(C)CC(CCC2(N)CC2)CCO1. The largest absolute Gasteiger partial charge is 0.376 e. The predicted molar refractivity (Wildman–Crippen MR) is 58.1 cm³/mol. The summed E-state index contributed by atoms with van der Waals surface area (Å²) in [6, 6.07) is 0. The molecule has 2 aliphatic rings. The van der Waals surface area contributed by atoms with Crippen LogP contribution in [0.3, 0.4) is 0 Å². The van der Waals surface area contributed by atoms with Crippen LogP contribution in [-0.2, 0) is 4.74 Å². The Bertz CT molecular complexity index is 208. The van der Waals surface area contributed by atoms with Gasteiger partial charge in [0.2, 0.25) is 0 Å². The van der Waals surface area contributed by atoms with E-state index in [1.807, 2.05) is 0 Å². The molecule has 1 saturated carbocycles. The molecule has 0 aromatic carbocycles. The molecule has 0 bridgehead atoms. The zero-order chi connectivity index (χ0) is 10.2. The van der Waals surface area contributed by atoms with Crippen molar-refractivity contribution in [2.24, 2.45) is 11.7 Å². The quantitative estimate of drug-likeness (QED) is 0.754. The molecule has 0 radical (unpaired) electrons. The van der Waals surface area contributed by atoms with Gasteiger partial charge in [0.1, 0.15) is 0 Å². The average Bonchev–Trinajstić information content (AvgIpc) is 2.80. The van der Waals surface area contributed by atoms with Gasteiger partial charge in [0.25, 0.3) is 0 Å². The summed E-state index contributed by atoms with van der Waals surface area (Å²) in [7, 11) is 0. The Kier molecular flexibility index (Phi) is 2.61. The first-order valence-corrected chi connectivity index (χ1v) is 5.92. The minimum Gasteiger partial charge on any atom is -0.376 e. The van der Waals surface area contributed by atoms with E-state index in [1.54, 1.807) is 0 Å². The van der Waals surface area contributed by atoms with Gasteiger partial charge in [-0.2, -0.15) is 0 Å². The molecular weight excluding hydrogens is 174 g/mol. The van der Waals surface area contributed by atoms with Crippen LogP contribution in [0.2, 0.25) is 0 Å². The highest BCUT2D eigenvalue weighted by atomic mass is 16.5. The third kappa shape index (κ3) is 2.71. The van der Waals surface area contributed by atoms with Crippen molar-refractivity contribution in [3.8, 4) is 0 Å². The van der Waals surface area contributed by atoms with Crippen LogP contribution in [0, 0.1) is 5.92 Å². The summed E-state index contributed by atoms with van der Waals surface area (Å²) in [5.74, 6) is 0.847. The molecule has 1 saturated heterocycles. The van der Waals surface area contributed by atoms with E-state index in [2.05, 4.69) is 13.8 Å². The Morgan fingerprint density at radius 1 is 1.36 bits per heavy atom. The summed E-state index contributed by atoms with van der Waals surface area (Å²) >= 11 is 0. The minimum absolute atomic E-state index is 0.105. The smallest absolute Gasteiger partial charge is 0.0629 e. The van der Waals surface area contributed by atoms with Crippen LogP contribution >= 0.6 is 0 Å². The van der Waals surface area contributed by atoms with Crippen molar-refractivity contribution < 1.29 is 4.74 Å². The van der Waals surface area contributed by atoms with Gasteiger partial charge in [0.15, 0.2) is 0 Å². The van der Waals surface area contributed by atoms with Gasteiger partial charge in [-0.05, 0) is 58.3 Å². The zero-order valence-corrected chi connectivity index (χ0v) is 9.51. The highest BCUT2D eigenvalue weighted by Crippen LogP contribution is 2.40. The molecular formula is C12H23NO. The molecule has 14 heavy (non-hydrogen) atoms. The standard InChI is InChI=1S/C12H23NO/c1-11(2)9-10(4-8-14-11)3-5-12(13)6-7-12/h10H,3-9,13H2,1-2H3. The Morgan fingerprint density at radius 2 is 2.07 bits per heavy atom. The summed E-state index contributed by atoms with van der Waals surface area (Å²) in [6.07, 6.45) is 7.48. The molecule has 1 aliphatic carbocycles. The van der Waals surface area contributed by atoms with Crippen molar-refractivity contribution in [3.63, 3.8) is 0 Å². The molecule has 2 N–H and O–H groups in total. The highest BCUT2D eigenvalue weighted by molar-refractivity contribution is 4.98. The molecule has 1 aliphatic heterocycles. The van der Waals surface area contributed by atoms with Crippen molar-refractivity contribution in [3.05, 3.63) is 0 Å². The molecule has 0 amide bonds. The van der Waals surface area contributed by atoms with E-state index in [4.69, 9.17) is 10.5 Å². The number of hydrogen-bond donors (Lipinski definition) is 1. The zero-order valence-electron chi connectivity index (χ0n) is 9.51. The van der Waals surface area contributed by atoms with E-state index in [0.717, 1.165) is 12.5 Å². The summed E-state index contributed by atoms with van der Waals surface area (Å²) in [5, 5.41) is 0. The lowest BCUT2D eigenvalue weighted by atomic mass is 9.84. The van der Waals surface area contributed by atoms with Gasteiger partial charge in [-0.15, -0.1) is 0 Å². The molecule has 1 atom stereocenters. The van der Waals surface area contributed by atoms with Crippen molar-refractivity contribution in [2.75, 3.05) is 6.61 Å². The van der Waals surface area contributed by atoms with Gasteiger partial charge < -0.3 is 10.5 Å². The molecule has 1 heterocycles. The second-order valence-electron chi connectivity index (χ2n) is 5.87. The second-order valence-corrected chi connectivity index (χ2v) is 5.87. The van der Waals surface area contributed by atoms with Crippen LogP contribution in [0.15, 0.2) is 0 Å². The van der Waals surface area contributed by atoms with Crippen LogP contribution in [0.25, 0.3) is 0 Å². The number of hydrogen-bond acceptors (Lipinski definition) is 2. The maximum absolute atomic E-state index is 6.10. The topological polar surface area (TPSA) is 35.2 Å². The molecule has 0 spiro atoms. The average molecular weight is 197 g/mol. The molecule has 0 aromatic heterocycles. The van der Waals surface area contributed by atoms with E-state index in [9.17, 15) is 0 Å². The maximum Gasteiger partial charge on any atom is 0.0629 e. The highest BCUT2D eigenvalue weighted by Gasteiger charge is 2.39. The Morgan fingerprint density at radius 3 is 2.64 bits per heavy atom. The first-order chi connectivity index (χ1) is 6.49. The van der Waals surface area contributed by atoms with Crippen molar-refractivity contribution in [1.29, 1.82) is 0 Å². The lowest BCUT2D eigenvalue weighted by Gasteiger charge is -2.36. The van der Waals surface area contributed by atoms with Gasteiger partial charge in [-0.3, -0.25) is 0 Å². The van der Waals surface area contributed by atoms with Crippen molar-refractivity contribution >= 4 is 0 Å². The third-order valence-electron chi connectivity index (χ3n) is 3.74. The lowest BCUT2D eigenvalue weighted by molar-refractivity contribution is -0.0740. The fourth-order valence-corrected chi connectivity index (χ4v) is 2.51. The lowest BCUT2D eigenvalue weighted by Crippen LogP contribution is -2.34. The van der Waals surface area contributed by atoms with Gasteiger partial charge in [-0.1, -0.05) is 0 Å². The molecule has 0 aromatic rings. The molecule has 82 valence electrons. The van der Waals surface area contributed by atoms with E-state index in [1.165, 1.54) is 38.5 Å². The van der Waals surface area contributed by atoms with Crippen LogP contribution in [-0.4, -0.2) is 17.7 Å². The number of ether oxygens (including phenoxy) is 1. The van der Waals surface area contributed by atoms with Gasteiger partial charge >= 0.3 is 0 Å².